The first-order valence-corrected chi connectivity index (χ1v) is 14.9. The van der Waals surface area contributed by atoms with Crippen LogP contribution in [0.3, 0.4) is 0 Å². The number of halogens is 3. The van der Waals surface area contributed by atoms with Gasteiger partial charge in [0.05, 0.1) is 11.5 Å². The summed E-state index contributed by atoms with van der Waals surface area (Å²) < 4.78 is 41.4. The summed E-state index contributed by atoms with van der Waals surface area (Å²) in [6.45, 7) is 4.14. The van der Waals surface area contributed by atoms with Crippen LogP contribution in [0, 0.1) is 17.3 Å². The number of nitrogens with zero attached hydrogens (tertiary/aromatic N) is 2. The molecule has 9 heteroatoms. The highest BCUT2D eigenvalue weighted by Gasteiger charge is 2.51. The van der Waals surface area contributed by atoms with Crippen LogP contribution in [0.4, 0.5) is 13.2 Å². The molecule has 2 aromatic carbocycles. The third-order valence-corrected chi connectivity index (χ3v) is 9.69. The lowest BCUT2D eigenvalue weighted by Crippen LogP contribution is -2.54. The first-order chi connectivity index (χ1) is 19.7. The van der Waals surface area contributed by atoms with Crippen molar-refractivity contribution < 1.29 is 27.5 Å². The average Bonchev–Trinajstić information content (AvgIpc) is 3.56. The van der Waals surface area contributed by atoms with Crippen LogP contribution in [0.2, 0.25) is 0 Å². The van der Waals surface area contributed by atoms with Crippen molar-refractivity contribution in [2.45, 2.75) is 63.4 Å². The Morgan fingerprint density at radius 2 is 1.66 bits per heavy atom. The topological polar surface area (TPSA) is 61.9 Å². The Hall–Kier alpha value is -2.91. The highest BCUT2D eigenvalue weighted by atomic mass is 19.4. The molecule has 41 heavy (non-hydrogen) atoms. The van der Waals surface area contributed by atoms with Crippen molar-refractivity contribution in [2.24, 2.45) is 17.3 Å². The van der Waals surface area contributed by atoms with Gasteiger partial charge in [0.15, 0.2) is 5.78 Å². The molecule has 1 aliphatic carbocycles. The minimum absolute atomic E-state index is 0.123. The Balaban J connectivity index is 1.11. The van der Waals surface area contributed by atoms with Gasteiger partial charge in [0, 0.05) is 44.4 Å². The van der Waals surface area contributed by atoms with Gasteiger partial charge in [0.2, 0.25) is 5.91 Å². The average molecular weight is 570 g/mol. The van der Waals surface area contributed by atoms with Crippen LogP contribution in [-0.2, 0) is 16.1 Å². The predicted octanol–water partition coefficient (Wildman–Crippen LogP) is 5.14. The minimum Gasteiger partial charge on any atom is -0.406 e. The second kappa shape index (κ2) is 11.4. The standard InChI is InChI=1S/C32H38F3N3O3/c33-32(34,35)41-25-10-8-23(9-11-25)21-38-17-14-31(30(38)40)12-15-37(16-13-31)29(28(39)18-22-6-7-22)27-20-36-19-26(27)24-4-2-1-3-5-24/h1-5,8-11,22,26-27,29,36H,6-7,12-21H2/t26-,27-,29?/m1/s1. The molecule has 0 aromatic heterocycles. The number of hydrogen-bond acceptors (Lipinski definition) is 5. The van der Waals surface area contributed by atoms with Gasteiger partial charge in [-0.3, -0.25) is 14.5 Å². The van der Waals surface area contributed by atoms with Gasteiger partial charge in [0.25, 0.3) is 0 Å². The summed E-state index contributed by atoms with van der Waals surface area (Å²) in [5.74, 6) is 1.24. The first kappa shape index (κ1) is 28.2. The molecule has 3 atom stereocenters. The van der Waals surface area contributed by atoms with Crippen molar-refractivity contribution in [1.82, 2.24) is 15.1 Å². The van der Waals surface area contributed by atoms with E-state index in [0.29, 0.717) is 31.2 Å². The molecule has 6 rings (SSSR count). The van der Waals surface area contributed by atoms with Crippen molar-refractivity contribution >= 4 is 11.7 Å². The van der Waals surface area contributed by atoms with E-state index in [1.54, 1.807) is 12.1 Å². The number of alkyl halides is 3. The molecule has 1 saturated carbocycles. The molecule has 1 amide bonds. The van der Waals surface area contributed by atoms with Gasteiger partial charge < -0.3 is 15.0 Å². The van der Waals surface area contributed by atoms with Gasteiger partial charge in [-0.15, -0.1) is 13.2 Å². The van der Waals surface area contributed by atoms with Gasteiger partial charge in [-0.25, -0.2) is 0 Å². The fraction of sp³-hybridized carbons (Fsp3) is 0.562. The zero-order valence-corrected chi connectivity index (χ0v) is 23.2. The van der Waals surface area contributed by atoms with E-state index in [2.05, 4.69) is 39.2 Å². The summed E-state index contributed by atoms with van der Waals surface area (Å²) in [7, 11) is 0. The molecule has 220 valence electrons. The second-order valence-corrected chi connectivity index (χ2v) is 12.4. The largest absolute Gasteiger partial charge is 0.573 e. The maximum absolute atomic E-state index is 13.8. The fourth-order valence-corrected chi connectivity index (χ4v) is 7.29. The zero-order chi connectivity index (χ0) is 28.6. The fourth-order valence-electron chi connectivity index (χ4n) is 7.29. The van der Waals surface area contributed by atoms with E-state index in [4.69, 9.17) is 0 Å². The first-order valence-electron chi connectivity index (χ1n) is 14.9. The molecule has 6 nitrogen and oxygen atoms in total. The summed E-state index contributed by atoms with van der Waals surface area (Å²) >= 11 is 0. The van der Waals surface area contributed by atoms with E-state index in [-0.39, 0.29) is 29.5 Å². The van der Waals surface area contributed by atoms with Crippen molar-refractivity contribution in [3.8, 4) is 5.75 Å². The Bertz CT molecular complexity index is 1220. The Morgan fingerprint density at radius 3 is 2.32 bits per heavy atom. The number of rotatable bonds is 9. The summed E-state index contributed by atoms with van der Waals surface area (Å²) in [5, 5.41) is 3.56. The monoisotopic (exact) mass is 569 g/mol. The quantitative estimate of drug-likeness (QED) is 0.453. The number of hydrogen-bond donors (Lipinski definition) is 1. The molecule has 4 aliphatic rings. The van der Waals surface area contributed by atoms with E-state index in [1.807, 2.05) is 11.0 Å². The van der Waals surface area contributed by atoms with Crippen LogP contribution in [0.25, 0.3) is 0 Å². The summed E-state index contributed by atoms with van der Waals surface area (Å²) in [4.78, 5) is 31.6. The predicted molar refractivity (Wildman–Crippen MR) is 148 cm³/mol. The Kier molecular flexibility index (Phi) is 7.85. The van der Waals surface area contributed by atoms with Crippen LogP contribution >= 0.6 is 0 Å². The van der Waals surface area contributed by atoms with Crippen molar-refractivity contribution in [3.63, 3.8) is 0 Å². The highest BCUT2D eigenvalue weighted by molar-refractivity contribution is 5.86. The van der Waals surface area contributed by atoms with Crippen LogP contribution in [0.1, 0.15) is 55.6 Å². The third-order valence-electron chi connectivity index (χ3n) is 9.69. The summed E-state index contributed by atoms with van der Waals surface area (Å²) in [5.41, 5.74) is 1.63. The van der Waals surface area contributed by atoms with Gasteiger partial charge in [0.1, 0.15) is 5.75 Å². The molecule has 4 fully saturated rings. The number of ether oxygens (including phenoxy) is 1. The maximum Gasteiger partial charge on any atom is 0.573 e. The normalized spacial score (nSPS) is 25.5. The van der Waals surface area contributed by atoms with E-state index in [1.165, 1.54) is 17.7 Å². The zero-order valence-electron chi connectivity index (χ0n) is 23.2. The van der Waals surface area contributed by atoms with Gasteiger partial charge in [-0.05, 0) is 74.4 Å². The van der Waals surface area contributed by atoms with E-state index in [9.17, 15) is 22.8 Å². The number of benzene rings is 2. The molecule has 0 bridgehead atoms. The molecule has 2 aromatic rings. The van der Waals surface area contributed by atoms with Crippen molar-refractivity contribution in [1.29, 1.82) is 0 Å². The van der Waals surface area contributed by atoms with Gasteiger partial charge >= 0.3 is 6.36 Å². The lowest BCUT2D eigenvalue weighted by molar-refractivity contribution is -0.274. The maximum atomic E-state index is 13.8. The third kappa shape index (κ3) is 6.31. The van der Waals surface area contributed by atoms with Crippen molar-refractivity contribution in [2.75, 3.05) is 32.7 Å². The van der Waals surface area contributed by atoms with Gasteiger partial charge in [-0.2, -0.15) is 0 Å². The second-order valence-electron chi connectivity index (χ2n) is 12.4. The van der Waals surface area contributed by atoms with E-state index in [0.717, 1.165) is 63.8 Å². The highest BCUT2D eigenvalue weighted by Crippen LogP contribution is 2.45. The number of likely N-dealkylation sites (tertiary alicyclic amines) is 2. The van der Waals surface area contributed by atoms with Crippen molar-refractivity contribution in [3.05, 3.63) is 65.7 Å². The number of carbonyl (C=O) groups is 2. The molecular weight excluding hydrogens is 531 g/mol. The molecule has 3 heterocycles. The van der Waals surface area contributed by atoms with Crippen LogP contribution in [0.5, 0.6) is 5.75 Å². The molecule has 1 unspecified atom stereocenters. The lowest BCUT2D eigenvalue weighted by atomic mass is 9.74. The molecule has 3 saturated heterocycles. The number of carbonyl (C=O) groups excluding carboxylic acids is 2. The molecule has 0 radical (unpaired) electrons. The van der Waals surface area contributed by atoms with E-state index < -0.39 is 11.8 Å². The molecule has 3 aliphatic heterocycles. The Morgan fingerprint density at radius 1 is 0.976 bits per heavy atom. The molecule has 1 spiro atoms. The SMILES string of the molecule is O=C(CC1CC1)C([C@@H]1CNC[C@@H]1c1ccccc1)N1CCC2(CCN(Cc3ccc(OC(F)(F)F)cc3)C2=O)CC1. The number of piperidine rings is 1. The summed E-state index contributed by atoms with van der Waals surface area (Å²) in [6.07, 6.45) is 0.446. The van der Waals surface area contributed by atoms with Crippen LogP contribution < -0.4 is 10.1 Å². The molecule has 1 N–H and O–H groups in total. The number of amides is 1. The molecular formula is C32H38F3N3O3. The smallest absolute Gasteiger partial charge is 0.406 e. The number of ketones is 1. The summed E-state index contributed by atoms with van der Waals surface area (Å²) in [6, 6.07) is 16.1. The van der Waals surface area contributed by atoms with Gasteiger partial charge in [-0.1, -0.05) is 42.5 Å². The van der Waals surface area contributed by atoms with E-state index >= 15 is 0 Å². The lowest BCUT2D eigenvalue weighted by Gasteiger charge is -2.44. The number of Topliss-reactive ketones (excluding diaryl/α,β-unsaturated/α-hetero) is 1. The Labute approximate surface area is 239 Å². The minimum atomic E-state index is -4.73. The van der Waals surface area contributed by atoms with Crippen LogP contribution in [0.15, 0.2) is 54.6 Å². The number of nitrogens with one attached hydrogen (secondary N) is 1. The van der Waals surface area contributed by atoms with Crippen LogP contribution in [-0.4, -0.2) is 66.6 Å².